The Balaban J connectivity index is 1.61. The van der Waals surface area contributed by atoms with Gasteiger partial charge in [-0.3, -0.25) is 4.90 Å². The van der Waals surface area contributed by atoms with Gasteiger partial charge in [0.25, 0.3) is 0 Å². The number of H-pyrrole nitrogens is 1. The Morgan fingerprint density at radius 3 is 3.09 bits per heavy atom. The Morgan fingerprint density at radius 1 is 1.35 bits per heavy atom. The first-order valence-electron chi connectivity index (χ1n) is 9.18. The maximum Gasteiger partial charge on any atom is 0.0974 e. The summed E-state index contributed by atoms with van der Waals surface area (Å²) < 4.78 is 6.08. The Kier molecular flexibility index (Phi) is 2.96. The first-order valence-corrected chi connectivity index (χ1v) is 9.18. The molecule has 0 aliphatic carbocycles. The molecular weight excluding hydrogens is 284 g/mol. The Labute approximate surface area is 138 Å². The molecule has 2 saturated heterocycles. The third-order valence-corrected chi connectivity index (χ3v) is 6.72. The van der Waals surface area contributed by atoms with Crippen LogP contribution >= 0.6 is 0 Å². The quantitative estimate of drug-likeness (QED) is 0.817. The van der Waals surface area contributed by atoms with Crippen molar-refractivity contribution < 1.29 is 4.74 Å². The van der Waals surface area contributed by atoms with Gasteiger partial charge in [-0.15, -0.1) is 0 Å². The van der Waals surface area contributed by atoms with E-state index in [1.54, 1.807) is 5.56 Å². The lowest BCUT2D eigenvalue weighted by Crippen LogP contribution is -2.51. The fourth-order valence-corrected chi connectivity index (χ4v) is 5.16. The molecule has 2 bridgehead atoms. The van der Waals surface area contributed by atoms with Gasteiger partial charge in [0.15, 0.2) is 0 Å². The van der Waals surface area contributed by atoms with Crippen molar-refractivity contribution in [3.05, 3.63) is 35.5 Å². The number of piperidine rings is 1. The lowest BCUT2D eigenvalue weighted by molar-refractivity contribution is 0.0709. The molecule has 23 heavy (non-hydrogen) atoms. The van der Waals surface area contributed by atoms with Gasteiger partial charge in [-0.05, 0) is 44.2 Å². The molecule has 3 nitrogen and oxygen atoms in total. The van der Waals surface area contributed by atoms with Crippen LogP contribution in [0.1, 0.15) is 37.9 Å². The van der Waals surface area contributed by atoms with Crippen LogP contribution < -0.4 is 0 Å². The van der Waals surface area contributed by atoms with Gasteiger partial charge in [-0.1, -0.05) is 25.1 Å². The van der Waals surface area contributed by atoms with Gasteiger partial charge >= 0.3 is 0 Å². The fourth-order valence-electron chi connectivity index (χ4n) is 5.16. The van der Waals surface area contributed by atoms with E-state index in [2.05, 4.69) is 48.0 Å². The summed E-state index contributed by atoms with van der Waals surface area (Å²) in [4.78, 5) is 6.43. The molecule has 0 radical (unpaired) electrons. The zero-order chi connectivity index (χ0) is 15.6. The summed E-state index contributed by atoms with van der Waals surface area (Å²) in [6.45, 7) is 7.11. The molecule has 4 heterocycles. The van der Waals surface area contributed by atoms with Crippen molar-refractivity contribution in [3.63, 3.8) is 0 Å². The molecule has 2 unspecified atom stereocenters. The van der Waals surface area contributed by atoms with E-state index in [1.807, 2.05) is 0 Å². The monoisotopic (exact) mass is 310 g/mol. The topological polar surface area (TPSA) is 31.6 Å². The van der Waals surface area contributed by atoms with E-state index in [-0.39, 0.29) is 0 Å². The van der Waals surface area contributed by atoms with Crippen LogP contribution in [-0.2, 0) is 17.6 Å². The molecule has 5 atom stereocenters. The number of hydrogen-bond donors (Lipinski definition) is 1. The summed E-state index contributed by atoms with van der Waals surface area (Å²) in [6.07, 6.45) is 5.79. The second-order valence-electron chi connectivity index (χ2n) is 7.92. The van der Waals surface area contributed by atoms with Gasteiger partial charge < -0.3 is 9.72 Å². The number of para-hydroxylation sites is 1. The predicted molar refractivity (Wildman–Crippen MR) is 92.7 cm³/mol. The van der Waals surface area contributed by atoms with E-state index in [9.17, 15) is 0 Å². The van der Waals surface area contributed by atoms with Crippen LogP contribution in [0.15, 0.2) is 24.3 Å². The molecule has 0 saturated carbocycles. The van der Waals surface area contributed by atoms with Crippen molar-refractivity contribution in [3.8, 4) is 0 Å². The van der Waals surface area contributed by atoms with Crippen molar-refractivity contribution in [2.45, 2.75) is 57.8 Å². The van der Waals surface area contributed by atoms with E-state index in [0.717, 1.165) is 19.4 Å². The summed E-state index contributed by atoms with van der Waals surface area (Å²) in [5.74, 6) is 0. The summed E-state index contributed by atoms with van der Waals surface area (Å²) >= 11 is 0. The second-order valence-corrected chi connectivity index (χ2v) is 7.92. The molecule has 0 amide bonds. The normalized spacial score (nSPS) is 39.0. The minimum atomic E-state index is 0.357. The highest BCUT2D eigenvalue weighted by Crippen LogP contribution is 2.50. The third kappa shape index (κ3) is 2.03. The van der Waals surface area contributed by atoms with E-state index < -0.39 is 0 Å². The van der Waals surface area contributed by atoms with Crippen molar-refractivity contribution >= 4 is 10.9 Å². The van der Waals surface area contributed by atoms with Crippen LogP contribution in [0.4, 0.5) is 0 Å². The number of aryl methyl sites for hydroxylation is 1. The van der Waals surface area contributed by atoms with Crippen molar-refractivity contribution in [1.29, 1.82) is 0 Å². The molecule has 2 aromatic rings. The first kappa shape index (κ1) is 14.1. The molecule has 5 rings (SSSR count). The molecule has 3 heteroatoms. The molecule has 1 aromatic heterocycles. The van der Waals surface area contributed by atoms with Crippen LogP contribution in [-0.4, -0.2) is 41.2 Å². The molecule has 3 aliphatic rings. The minimum Gasteiger partial charge on any atom is -0.368 e. The second kappa shape index (κ2) is 4.84. The lowest BCUT2D eigenvalue weighted by atomic mass is 9.73. The number of rotatable bonds is 1. The molecule has 1 N–H and O–H groups in total. The maximum atomic E-state index is 6.08. The Bertz CT molecular complexity index is 751. The number of nitrogens with zero attached hydrogens (tertiary/aromatic N) is 1. The van der Waals surface area contributed by atoms with Crippen LogP contribution in [0.25, 0.3) is 10.9 Å². The standard InChI is InChI=1S/C20H26N2O/c1-3-20-9-8-17-15(14-6-4-5-7-16(14)21-17)10-13(2)22(12-20)11-18-19(20)23-18/h4-7,13,18-19,21H,3,8-12H2,1-2H3/t13?,18-,19-,20-/m0/s1. The van der Waals surface area contributed by atoms with E-state index in [0.29, 0.717) is 23.7 Å². The van der Waals surface area contributed by atoms with Gasteiger partial charge in [0.1, 0.15) is 0 Å². The number of epoxide rings is 1. The van der Waals surface area contributed by atoms with E-state index in [4.69, 9.17) is 4.74 Å². The number of hydrogen-bond acceptors (Lipinski definition) is 2. The zero-order valence-corrected chi connectivity index (χ0v) is 14.1. The van der Waals surface area contributed by atoms with Crippen molar-refractivity contribution in [1.82, 2.24) is 9.88 Å². The minimum absolute atomic E-state index is 0.357. The van der Waals surface area contributed by atoms with Gasteiger partial charge in [0, 0.05) is 41.1 Å². The van der Waals surface area contributed by atoms with Gasteiger partial charge in [-0.2, -0.15) is 0 Å². The highest BCUT2D eigenvalue weighted by atomic mass is 16.6. The average Bonchev–Trinajstić information content (AvgIpc) is 3.28. The molecule has 2 fully saturated rings. The SMILES string of the molecule is CC[C@@]12CCc3[nH]c4ccccc4c3CC(C)N(C[C@@H]3O[C@@H]31)C2. The fraction of sp³-hybridized carbons (Fsp3) is 0.600. The summed E-state index contributed by atoms with van der Waals surface area (Å²) in [7, 11) is 0. The van der Waals surface area contributed by atoms with Crippen LogP contribution in [0.5, 0.6) is 0 Å². The Morgan fingerprint density at radius 2 is 2.22 bits per heavy atom. The highest BCUT2D eigenvalue weighted by molar-refractivity contribution is 5.84. The number of aromatic amines is 1. The molecule has 122 valence electrons. The highest BCUT2D eigenvalue weighted by Gasteiger charge is 2.58. The van der Waals surface area contributed by atoms with Crippen molar-refractivity contribution in [2.24, 2.45) is 5.41 Å². The van der Waals surface area contributed by atoms with Gasteiger partial charge in [0.2, 0.25) is 0 Å². The number of benzene rings is 1. The van der Waals surface area contributed by atoms with Crippen molar-refractivity contribution in [2.75, 3.05) is 13.1 Å². The van der Waals surface area contributed by atoms with Gasteiger partial charge in [-0.25, -0.2) is 0 Å². The summed E-state index contributed by atoms with van der Waals surface area (Å²) in [5, 5.41) is 1.43. The largest absolute Gasteiger partial charge is 0.368 e. The third-order valence-electron chi connectivity index (χ3n) is 6.72. The summed E-state index contributed by atoms with van der Waals surface area (Å²) in [6, 6.07) is 9.39. The molecule has 3 aliphatic heterocycles. The molecule has 1 aromatic carbocycles. The van der Waals surface area contributed by atoms with Crippen LogP contribution in [0.2, 0.25) is 0 Å². The van der Waals surface area contributed by atoms with Crippen LogP contribution in [0, 0.1) is 5.41 Å². The number of fused-ring (bicyclic) bond motifs is 7. The number of nitrogens with one attached hydrogen (secondary N) is 1. The smallest absolute Gasteiger partial charge is 0.0974 e. The van der Waals surface area contributed by atoms with Gasteiger partial charge in [0.05, 0.1) is 12.2 Å². The summed E-state index contributed by atoms with van der Waals surface area (Å²) in [5.41, 5.74) is 4.69. The molecule has 0 spiro atoms. The van der Waals surface area contributed by atoms with Crippen LogP contribution in [0.3, 0.4) is 0 Å². The number of aromatic nitrogens is 1. The Hall–Kier alpha value is -1.32. The number of ether oxygens (including phenoxy) is 1. The van der Waals surface area contributed by atoms with E-state index in [1.165, 1.54) is 36.0 Å². The lowest BCUT2D eigenvalue weighted by Gasteiger charge is -2.42. The average molecular weight is 310 g/mol. The zero-order valence-electron chi connectivity index (χ0n) is 14.1. The maximum absolute atomic E-state index is 6.08. The predicted octanol–water partition coefficient (Wildman–Crippen LogP) is 3.52. The first-order chi connectivity index (χ1) is 11.2. The van der Waals surface area contributed by atoms with E-state index >= 15 is 0 Å². The molecular formula is C20H26N2O.